The first kappa shape index (κ1) is 13.6. The first-order chi connectivity index (χ1) is 8.38. The number of hydrogen-bond acceptors (Lipinski definition) is 2. The maximum Gasteiger partial charge on any atom is 0.391 e. The summed E-state index contributed by atoms with van der Waals surface area (Å²) in [6.07, 6.45) is -2.96. The Balaban J connectivity index is 2.07. The van der Waals surface area contributed by atoms with Crippen LogP contribution in [0.5, 0.6) is 0 Å². The molecule has 2 unspecified atom stereocenters. The lowest BCUT2D eigenvalue weighted by Gasteiger charge is -2.29. The lowest BCUT2D eigenvalue weighted by molar-refractivity contribution is -0.184. The van der Waals surface area contributed by atoms with Crippen molar-refractivity contribution in [2.45, 2.75) is 38.8 Å². The number of rotatable bonds is 2. The number of aryl methyl sites for hydroxylation is 1. The highest BCUT2D eigenvalue weighted by molar-refractivity contribution is 7.14. The van der Waals surface area contributed by atoms with Crippen molar-refractivity contribution in [3.8, 4) is 0 Å². The quantitative estimate of drug-likeness (QED) is 0.721. The van der Waals surface area contributed by atoms with Crippen LogP contribution in [0.1, 0.15) is 40.2 Å². The number of ketones is 1. The highest BCUT2D eigenvalue weighted by atomic mass is 32.1. The molecule has 1 fully saturated rings. The molecular formula is C13H15F3OS. The third-order valence-corrected chi connectivity index (χ3v) is 4.51. The monoisotopic (exact) mass is 276 g/mol. The molecular weight excluding hydrogens is 261 g/mol. The molecule has 1 nitrogen and oxygen atoms in total. The molecule has 100 valence electrons. The van der Waals surface area contributed by atoms with Crippen LogP contribution in [0.25, 0.3) is 0 Å². The van der Waals surface area contributed by atoms with Gasteiger partial charge in [0.25, 0.3) is 0 Å². The van der Waals surface area contributed by atoms with Crippen LogP contribution in [0.15, 0.2) is 12.1 Å². The van der Waals surface area contributed by atoms with Gasteiger partial charge in [0, 0.05) is 10.8 Å². The largest absolute Gasteiger partial charge is 0.391 e. The lowest BCUT2D eigenvalue weighted by Crippen LogP contribution is -2.31. The van der Waals surface area contributed by atoms with Crippen molar-refractivity contribution in [3.05, 3.63) is 21.9 Å². The van der Waals surface area contributed by atoms with E-state index in [-0.39, 0.29) is 18.6 Å². The van der Waals surface area contributed by atoms with Crippen LogP contribution in [0.2, 0.25) is 0 Å². The summed E-state index contributed by atoms with van der Waals surface area (Å²) in [5, 5.41) is 0. The Morgan fingerprint density at radius 2 is 2.06 bits per heavy atom. The average molecular weight is 276 g/mol. The predicted octanol–water partition coefficient (Wildman–Crippen LogP) is 4.61. The first-order valence-electron chi connectivity index (χ1n) is 6.05. The summed E-state index contributed by atoms with van der Waals surface area (Å²) in [6, 6.07) is 3.56. The fourth-order valence-electron chi connectivity index (χ4n) is 2.49. The van der Waals surface area contributed by atoms with Crippen molar-refractivity contribution in [3.63, 3.8) is 0 Å². The molecule has 0 radical (unpaired) electrons. The van der Waals surface area contributed by atoms with E-state index in [0.717, 1.165) is 4.88 Å². The van der Waals surface area contributed by atoms with Gasteiger partial charge in [-0.2, -0.15) is 13.2 Å². The summed E-state index contributed by atoms with van der Waals surface area (Å²) in [6.45, 7) is 1.89. The van der Waals surface area contributed by atoms with E-state index in [1.807, 2.05) is 13.0 Å². The molecule has 1 aliphatic carbocycles. The molecule has 1 aliphatic rings. The molecule has 0 spiro atoms. The summed E-state index contributed by atoms with van der Waals surface area (Å²) in [7, 11) is 0. The van der Waals surface area contributed by atoms with E-state index < -0.39 is 18.0 Å². The van der Waals surface area contributed by atoms with Gasteiger partial charge in [-0.05, 0) is 38.3 Å². The van der Waals surface area contributed by atoms with E-state index in [9.17, 15) is 18.0 Å². The number of carbonyl (C=O) groups excluding carboxylic acids is 1. The molecule has 2 atom stereocenters. The third kappa shape index (κ3) is 2.94. The number of carbonyl (C=O) groups is 1. The van der Waals surface area contributed by atoms with Crippen molar-refractivity contribution in [2.24, 2.45) is 11.8 Å². The van der Waals surface area contributed by atoms with E-state index in [4.69, 9.17) is 0 Å². The average Bonchev–Trinajstić information content (AvgIpc) is 2.74. The smallest absolute Gasteiger partial charge is 0.293 e. The number of alkyl halides is 3. The fourth-order valence-corrected chi connectivity index (χ4v) is 3.38. The van der Waals surface area contributed by atoms with E-state index in [1.165, 1.54) is 11.3 Å². The second kappa shape index (κ2) is 5.03. The second-order valence-electron chi connectivity index (χ2n) is 4.88. The Hall–Kier alpha value is -0.840. The van der Waals surface area contributed by atoms with Gasteiger partial charge in [0.05, 0.1) is 10.8 Å². The summed E-state index contributed by atoms with van der Waals surface area (Å²) in [5.74, 6) is -1.87. The Morgan fingerprint density at radius 1 is 1.33 bits per heavy atom. The van der Waals surface area contributed by atoms with Gasteiger partial charge >= 0.3 is 6.18 Å². The molecule has 2 rings (SSSR count). The minimum absolute atomic E-state index is 0.0424. The normalized spacial score (nSPS) is 25.1. The van der Waals surface area contributed by atoms with Crippen molar-refractivity contribution in [1.29, 1.82) is 0 Å². The van der Waals surface area contributed by atoms with Crippen molar-refractivity contribution in [1.82, 2.24) is 0 Å². The van der Waals surface area contributed by atoms with Crippen LogP contribution in [-0.4, -0.2) is 12.0 Å². The molecule has 5 heteroatoms. The van der Waals surface area contributed by atoms with Crippen molar-refractivity contribution >= 4 is 17.1 Å². The SMILES string of the molecule is Cc1ccc(C(=O)C2CCCC(C(F)(F)F)C2)s1. The van der Waals surface area contributed by atoms with Gasteiger partial charge in [-0.1, -0.05) is 6.42 Å². The van der Waals surface area contributed by atoms with Gasteiger partial charge in [0.2, 0.25) is 0 Å². The van der Waals surface area contributed by atoms with E-state index in [2.05, 4.69) is 0 Å². The molecule has 1 aromatic heterocycles. The highest BCUT2D eigenvalue weighted by Crippen LogP contribution is 2.41. The van der Waals surface area contributed by atoms with Gasteiger partial charge in [-0.3, -0.25) is 4.79 Å². The van der Waals surface area contributed by atoms with Gasteiger partial charge < -0.3 is 0 Å². The number of hydrogen-bond donors (Lipinski definition) is 0. The molecule has 0 aromatic carbocycles. The number of halogens is 3. The zero-order chi connectivity index (χ0) is 13.3. The molecule has 1 aromatic rings. The van der Waals surface area contributed by atoms with E-state index >= 15 is 0 Å². The van der Waals surface area contributed by atoms with Gasteiger partial charge in [-0.15, -0.1) is 11.3 Å². The zero-order valence-electron chi connectivity index (χ0n) is 10.1. The third-order valence-electron chi connectivity index (χ3n) is 3.49. The summed E-state index contributed by atoms with van der Waals surface area (Å²) >= 11 is 1.37. The molecule has 0 amide bonds. The predicted molar refractivity (Wildman–Crippen MR) is 64.9 cm³/mol. The summed E-state index contributed by atoms with van der Waals surface area (Å²) in [4.78, 5) is 13.7. The summed E-state index contributed by atoms with van der Waals surface area (Å²) in [5.41, 5.74) is 0. The molecule has 18 heavy (non-hydrogen) atoms. The Morgan fingerprint density at radius 3 is 2.61 bits per heavy atom. The Bertz CT molecular complexity index is 436. The zero-order valence-corrected chi connectivity index (χ0v) is 10.9. The number of thiophene rings is 1. The van der Waals surface area contributed by atoms with Crippen LogP contribution >= 0.6 is 11.3 Å². The van der Waals surface area contributed by atoms with Crippen molar-refractivity contribution in [2.75, 3.05) is 0 Å². The molecule has 0 saturated heterocycles. The first-order valence-corrected chi connectivity index (χ1v) is 6.87. The maximum atomic E-state index is 12.7. The fraction of sp³-hybridized carbons (Fsp3) is 0.615. The Kier molecular flexibility index (Phi) is 3.80. The van der Waals surface area contributed by atoms with E-state index in [0.29, 0.717) is 17.7 Å². The van der Waals surface area contributed by atoms with Gasteiger partial charge in [0.1, 0.15) is 0 Å². The van der Waals surface area contributed by atoms with E-state index in [1.54, 1.807) is 6.07 Å². The highest BCUT2D eigenvalue weighted by Gasteiger charge is 2.43. The Labute approximate surface area is 108 Å². The lowest BCUT2D eigenvalue weighted by atomic mass is 9.79. The van der Waals surface area contributed by atoms with Gasteiger partial charge in [-0.25, -0.2) is 0 Å². The topological polar surface area (TPSA) is 17.1 Å². The van der Waals surface area contributed by atoms with Crippen LogP contribution in [0, 0.1) is 18.8 Å². The molecule has 1 heterocycles. The standard InChI is InChI=1S/C13H15F3OS/c1-8-5-6-11(18-8)12(17)9-3-2-4-10(7-9)13(14,15)16/h5-6,9-10H,2-4,7H2,1H3. The molecule has 0 bridgehead atoms. The minimum Gasteiger partial charge on any atom is -0.293 e. The molecule has 0 N–H and O–H groups in total. The maximum absolute atomic E-state index is 12.7. The van der Waals surface area contributed by atoms with Crippen molar-refractivity contribution < 1.29 is 18.0 Å². The van der Waals surface area contributed by atoms with Crippen LogP contribution in [0.3, 0.4) is 0 Å². The van der Waals surface area contributed by atoms with Crippen LogP contribution < -0.4 is 0 Å². The van der Waals surface area contributed by atoms with Crippen LogP contribution in [-0.2, 0) is 0 Å². The summed E-state index contributed by atoms with van der Waals surface area (Å²) < 4.78 is 38.0. The molecule has 1 saturated carbocycles. The van der Waals surface area contributed by atoms with Gasteiger partial charge in [0.15, 0.2) is 5.78 Å². The minimum atomic E-state index is -4.16. The molecule has 0 aliphatic heterocycles. The number of Topliss-reactive ketones (excluding diaryl/α,β-unsaturated/α-hetero) is 1. The van der Waals surface area contributed by atoms with Crippen LogP contribution in [0.4, 0.5) is 13.2 Å². The second-order valence-corrected chi connectivity index (χ2v) is 6.16.